The van der Waals surface area contributed by atoms with Crippen LogP contribution in [0.15, 0.2) is 53.7 Å². The van der Waals surface area contributed by atoms with E-state index in [1.807, 2.05) is 37.5 Å². The van der Waals surface area contributed by atoms with Gasteiger partial charge in [-0.2, -0.15) is 0 Å². The van der Waals surface area contributed by atoms with Gasteiger partial charge in [0.2, 0.25) is 0 Å². The number of benzene rings is 2. The standard InChI is InChI=1S/C24H28FN3O2S/c1-15(2)18-8-12-21(13-9-18)30-17(5)23-26-27-24(28(23)16(3)4)31-14-22(29)19-6-10-20(25)11-7-19/h6-13,15-17H,14H2,1-5H3. The van der Waals surface area contributed by atoms with Crippen LogP contribution in [0.5, 0.6) is 5.75 Å². The van der Waals surface area contributed by atoms with Crippen LogP contribution in [-0.2, 0) is 0 Å². The highest BCUT2D eigenvalue weighted by Gasteiger charge is 2.22. The SMILES string of the molecule is CC(C)c1ccc(OC(C)c2nnc(SCC(=O)c3ccc(F)cc3)n2C(C)C)cc1. The predicted octanol–water partition coefficient (Wildman–Crippen LogP) is 6.24. The van der Waals surface area contributed by atoms with E-state index in [0.717, 1.165) is 5.75 Å². The monoisotopic (exact) mass is 441 g/mol. The maximum absolute atomic E-state index is 13.1. The van der Waals surface area contributed by atoms with E-state index in [1.165, 1.54) is 41.6 Å². The molecule has 3 rings (SSSR count). The van der Waals surface area contributed by atoms with Gasteiger partial charge < -0.3 is 9.30 Å². The summed E-state index contributed by atoms with van der Waals surface area (Å²) in [5, 5.41) is 9.31. The summed E-state index contributed by atoms with van der Waals surface area (Å²) in [6.45, 7) is 10.3. The molecule has 1 aromatic heterocycles. The molecule has 0 bridgehead atoms. The lowest BCUT2D eigenvalue weighted by Gasteiger charge is -2.19. The van der Waals surface area contributed by atoms with Crippen molar-refractivity contribution in [3.8, 4) is 5.75 Å². The summed E-state index contributed by atoms with van der Waals surface area (Å²) in [6, 6.07) is 13.8. The lowest BCUT2D eigenvalue weighted by Crippen LogP contribution is -2.14. The zero-order valence-electron chi connectivity index (χ0n) is 18.5. The fourth-order valence-corrected chi connectivity index (χ4v) is 4.16. The quantitative estimate of drug-likeness (QED) is 0.291. The second kappa shape index (κ2) is 10.1. The summed E-state index contributed by atoms with van der Waals surface area (Å²) in [7, 11) is 0. The highest BCUT2D eigenvalue weighted by Crippen LogP contribution is 2.28. The number of carbonyl (C=O) groups is 1. The van der Waals surface area contributed by atoms with E-state index in [0.29, 0.717) is 22.5 Å². The van der Waals surface area contributed by atoms with E-state index in [1.54, 1.807) is 0 Å². The second-order valence-corrected chi connectivity index (χ2v) is 8.95. The molecule has 164 valence electrons. The van der Waals surface area contributed by atoms with Crippen molar-refractivity contribution in [1.82, 2.24) is 14.8 Å². The molecule has 1 atom stereocenters. The fourth-order valence-electron chi connectivity index (χ4n) is 3.19. The van der Waals surface area contributed by atoms with Gasteiger partial charge in [-0.15, -0.1) is 10.2 Å². The molecule has 31 heavy (non-hydrogen) atoms. The minimum absolute atomic E-state index is 0.0839. The predicted molar refractivity (Wildman–Crippen MR) is 121 cm³/mol. The Balaban J connectivity index is 1.71. The normalized spacial score (nSPS) is 12.4. The third-order valence-electron chi connectivity index (χ3n) is 4.93. The summed E-state index contributed by atoms with van der Waals surface area (Å²) in [6.07, 6.45) is -0.304. The largest absolute Gasteiger partial charge is 0.483 e. The molecule has 5 nitrogen and oxygen atoms in total. The Bertz CT molecular complexity index is 1010. The average Bonchev–Trinajstić information content (AvgIpc) is 3.17. The van der Waals surface area contributed by atoms with Crippen LogP contribution >= 0.6 is 11.8 Å². The zero-order chi connectivity index (χ0) is 22.5. The van der Waals surface area contributed by atoms with Gasteiger partial charge >= 0.3 is 0 Å². The van der Waals surface area contributed by atoms with Gasteiger partial charge in [0.15, 0.2) is 22.9 Å². The number of aromatic nitrogens is 3. The first-order chi connectivity index (χ1) is 14.8. The Morgan fingerprint density at radius 2 is 1.65 bits per heavy atom. The lowest BCUT2D eigenvalue weighted by atomic mass is 10.0. The number of thioether (sulfide) groups is 1. The van der Waals surface area contributed by atoms with Crippen molar-refractivity contribution in [2.45, 2.75) is 57.8 Å². The van der Waals surface area contributed by atoms with Crippen molar-refractivity contribution in [2.75, 3.05) is 5.75 Å². The Morgan fingerprint density at radius 3 is 2.23 bits per heavy atom. The highest BCUT2D eigenvalue weighted by molar-refractivity contribution is 7.99. The third-order valence-corrected chi connectivity index (χ3v) is 5.87. The van der Waals surface area contributed by atoms with E-state index >= 15 is 0 Å². The Morgan fingerprint density at radius 1 is 1.00 bits per heavy atom. The molecule has 1 heterocycles. The number of carbonyl (C=O) groups excluding carboxylic acids is 1. The maximum Gasteiger partial charge on any atom is 0.192 e. The minimum Gasteiger partial charge on any atom is -0.483 e. The van der Waals surface area contributed by atoms with Gasteiger partial charge in [-0.1, -0.05) is 37.7 Å². The number of halogens is 1. The Hall–Kier alpha value is -2.67. The van der Waals surface area contributed by atoms with Crippen molar-refractivity contribution >= 4 is 17.5 Å². The topological polar surface area (TPSA) is 57.0 Å². The molecule has 0 aliphatic heterocycles. The number of rotatable bonds is 9. The summed E-state index contributed by atoms with van der Waals surface area (Å²) >= 11 is 1.32. The average molecular weight is 442 g/mol. The molecule has 1 unspecified atom stereocenters. The van der Waals surface area contributed by atoms with E-state index in [9.17, 15) is 9.18 Å². The summed E-state index contributed by atoms with van der Waals surface area (Å²) in [5.41, 5.74) is 1.74. The fraction of sp³-hybridized carbons (Fsp3) is 0.375. The Kier molecular flexibility index (Phi) is 7.49. The number of Topliss-reactive ketones (excluding diaryl/α,β-unsaturated/α-hetero) is 1. The molecule has 0 spiro atoms. The van der Waals surface area contributed by atoms with Gasteiger partial charge in [-0.3, -0.25) is 4.79 Å². The molecule has 0 aliphatic carbocycles. The molecule has 0 fully saturated rings. The van der Waals surface area contributed by atoms with Crippen molar-refractivity contribution in [2.24, 2.45) is 0 Å². The molecule has 0 saturated carbocycles. The first-order valence-corrected chi connectivity index (χ1v) is 11.4. The van der Waals surface area contributed by atoms with E-state index < -0.39 is 0 Å². The molecule has 0 aliphatic rings. The van der Waals surface area contributed by atoms with Gasteiger partial charge in [-0.25, -0.2) is 4.39 Å². The van der Waals surface area contributed by atoms with Crippen LogP contribution in [0, 0.1) is 5.82 Å². The van der Waals surface area contributed by atoms with Gasteiger partial charge in [0, 0.05) is 11.6 Å². The Labute approximate surface area is 187 Å². The maximum atomic E-state index is 13.1. The van der Waals surface area contributed by atoms with Crippen molar-refractivity contribution in [3.63, 3.8) is 0 Å². The zero-order valence-corrected chi connectivity index (χ0v) is 19.3. The first-order valence-electron chi connectivity index (χ1n) is 10.4. The van der Waals surface area contributed by atoms with E-state index in [-0.39, 0.29) is 29.5 Å². The molecule has 2 aromatic carbocycles. The van der Waals surface area contributed by atoms with Gasteiger partial charge in [0.1, 0.15) is 11.6 Å². The molecule has 0 radical (unpaired) electrons. The van der Waals surface area contributed by atoms with Gasteiger partial charge in [0.25, 0.3) is 0 Å². The number of hydrogen-bond donors (Lipinski definition) is 0. The molecular weight excluding hydrogens is 413 g/mol. The van der Waals surface area contributed by atoms with Crippen molar-refractivity contribution in [1.29, 1.82) is 0 Å². The molecule has 0 N–H and O–H groups in total. The van der Waals surface area contributed by atoms with Crippen LogP contribution in [-0.4, -0.2) is 26.3 Å². The van der Waals surface area contributed by atoms with Crippen LogP contribution < -0.4 is 4.74 Å². The van der Waals surface area contributed by atoms with E-state index in [4.69, 9.17) is 4.74 Å². The second-order valence-electron chi connectivity index (χ2n) is 8.01. The summed E-state index contributed by atoms with van der Waals surface area (Å²) < 4.78 is 21.2. The molecular formula is C24H28FN3O2S. The molecule has 7 heteroatoms. The van der Waals surface area contributed by atoms with Gasteiger partial charge in [0.05, 0.1) is 5.75 Å². The smallest absolute Gasteiger partial charge is 0.192 e. The summed E-state index contributed by atoms with van der Waals surface area (Å²) in [4.78, 5) is 12.4. The highest BCUT2D eigenvalue weighted by atomic mass is 32.2. The van der Waals surface area contributed by atoms with Crippen LogP contribution in [0.4, 0.5) is 4.39 Å². The number of ether oxygens (including phenoxy) is 1. The number of ketones is 1. The number of nitrogens with zero attached hydrogens (tertiary/aromatic N) is 3. The van der Waals surface area contributed by atoms with Crippen LogP contribution in [0.25, 0.3) is 0 Å². The van der Waals surface area contributed by atoms with Gasteiger partial charge in [-0.05, 0) is 68.7 Å². The third kappa shape index (κ3) is 5.73. The van der Waals surface area contributed by atoms with E-state index in [2.05, 4.69) is 36.2 Å². The van der Waals surface area contributed by atoms with Crippen LogP contribution in [0.2, 0.25) is 0 Å². The molecule has 0 amide bonds. The first kappa shape index (κ1) is 23.0. The van der Waals surface area contributed by atoms with Crippen molar-refractivity contribution in [3.05, 3.63) is 71.3 Å². The van der Waals surface area contributed by atoms with Crippen molar-refractivity contribution < 1.29 is 13.9 Å². The van der Waals surface area contributed by atoms with Crippen LogP contribution in [0.3, 0.4) is 0 Å². The number of hydrogen-bond acceptors (Lipinski definition) is 5. The minimum atomic E-state index is -0.360. The van der Waals surface area contributed by atoms with Crippen LogP contribution in [0.1, 0.15) is 74.4 Å². The molecule has 0 saturated heterocycles. The molecule has 3 aromatic rings. The lowest BCUT2D eigenvalue weighted by molar-refractivity contribution is 0.102. The summed E-state index contributed by atoms with van der Waals surface area (Å²) in [5.74, 6) is 1.70.